The molecule has 3 fully saturated rings. The van der Waals surface area contributed by atoms with Gasteiger partial charge in [0.25, 0.3) is 0 Å². The molecule has 0 amide bonds. The van der Waals surface area contributed by atoms with Gasteiger partial charge in [0.2, 0.25) is 0 Å². The van der Waals surface area contributed by atoms with Crippen molar-refractivity contribution in [1.29, 1.82) is 0 Å². The molecule has 3 aliphatic rings. The van der Waals surface area contributed by atoms with Crippen LogP contribution in [0.25, 0.3) is 0 Å². The van der Waals surface area contributed by atoms with Crippen molar-refractivity contribution in [2.75, 3.05) is 7.11 Å². The predicted octanol–water partition coefficient (Wildman–Crippen LogP) is 2.99. The molecule has 0 saturated heterocycles. The molecule has 4 rings (SSSR count). The zero-order chi connectivity index (χ0) is 10.0. The van der Waals surface area contributed by atoms with Gasteiger partial charge in [0.15, 0.2) is 0 Å². The zero-order valence-electron chi connectivity index (χ0n) is 9.07. The van der Waals surface area contributed by atoms with Gasteiger partial charge in [0.1, 0.15) is 5.75 Å². The highest BCUT2D eigenvalue weighted by Gasteiger charge is 2.86. The molecule has 4 atom stereocenters. The lowest BCUT2D eigenvalue weighted by Gasteiger charge is -2.25. The van der Waals surface area contributed by atoms with Gasteiger partial charge >= 0.3 is 0 Å². The number of fused-ring (bicyclic) bond motifs is 2. The fourth-order valence-electron chi connectivity index (χ4n) is 4.36. The van der Waals surface area contributed by atoms with E-state index < -0.39 is 0 Å². The molecular weight excluding hydrogens is 184 g/mol. The fourth-order valence-corrected chi connectivity index (χ4v) is 4.36. The summed E-state index contributed by atoms with van der Waals surface area (Å²) in [4.78, 5) is 0. The van der Waals surface area contributed by atoms with Gasteiger partial charge in [-0.2, -0.15) is 0 Å². The molecule has 0 aliphatic heterocycles. The number of hydrogen-bond donors (Lipinski definition) is 0. The molecular formula is C14H16O. The standard InChI is InChI=1S/C14H16O/c1-15-10-7-5-9(6-8-10)14-11-3-2-4-12(14)13(11)14/h5-8,11-13H,2-4H2,1H3/t11-,12+,13?,14?. The second kappa shape index (κ2) is 2.40. The Morgan fingerprint density at radius 1 is 1.13 bits per heavy atom. The van der Waals surface area contributed by atoms with Crippen LogP contribution in [0, 0.1) is 17.8 Å². The molecule has 1 aromatic carbocycles. The second-order valence-electron chi connectivity index (χ2n) is 5.33. The van der Waals surface area contributed by atoms with E-state index in [1.807, 2.05) is 0 Å². The van der Waals surface area contributed by atoms with E-state index in [9.17, 15) is 0 Å². The van der Waals surface area contributed by atoms with Crippen LogP contribution in [-0.2, 0) is 5.41 Å². The van der Waals surface area contributed by atoms with Crippen LogP contribution in [0.4, 0.5) is 0 Å². The van der Waals surface area contributed by atoms with E-state index in [4.69, 9.17) is 4.74 Å². The van der Waals surface area contributed by atoms with Crippen molar-refractivity contribution in [2.45, 2.75) is 24.7 Å². The largest absolute Gasteiger partial charge is 0.497 e. The minimum Gasteiger partial charge on any atom is -0.497 e. The zero-order valence-corrected chi connectivity index (χ0v) is 9.07. The fraction of sp³-hybridized carbons (Fsp3) is 0.571. The maximum atomic E-state index is 5.21. The van der Waals surface area contributed by atoms with Gasteiger partial charge in [-0.15, -0.1) is 0 Å². The van der Waals surface area contributed by atoms with E-state index in [2.05, 4.69) is 24.3 Å². The van der Waals surface area contributed by atoms with Crippen molar-refractivity contribution < 1.29 is 4.74 Å². The molecule has 1 heteroatoms. The van der Waals surface area contributed by atoms with Crippen LogP contribution in [-0.4, -0.2) is 7.11 Å². The minimum absolute atomic E-state index is 0.657. The van der Waals surface area contributed by atoms with Crippen LogP contribution in [0.1, 0.15) is 24.8 Å². The highest BCUT2D eigenvalue weighted by molar-refractivity contribution is 5.52. The summed E-state index contributed by atoms with van der Waals surface area (Å²) >= 11 is 0. The third kappa shape index (κ3) is 0.780. The van der Waals surface area contributed by atoms with Crippen molar-refractivity contribution in [3.05, 3.63) is 29.8 Å². The van der Waals surface area contributed by atoms with Gasteiger partial charge in [-0.3, -0.25) is 0 Å². The molecule has 78 valence electrons. The number of methoxy groups -OCH3 is 1. The topological polar surface area (TPSA) is 9.23 Å². The molecule has 0 heterocycles. The molecule has 3 aliphatic carbocycles. The Kier molecular flexibility index (Phi) is 1.31. The summed E-state index contributed by atoms with van der Waals surface area (Å²) in [5.41, 5.74) is 2.24. The Bertz CT molecular complexity index is 384. The summed E-state index contributed by atoms with van der Waals surface area (Å²) in [5.74, 6) is 4.15. The van der Waals surface area contributed by atoms with Crippen LogP contribution in [0.15, 0.2) is 24.3 Å². The maximum Gasteiger partial charge on any atom is 0.118 e. The van der Waals surface area contributed by atoms with Gasteiger partial charge in [0.05, 0.1) is 7.11 Å². The van der Waals surface area contributed by atoms with Crippen LogP contribution in [0.3, 0.4) is 0 Å². The summed E-state index contributed by atoms with van der Waals surface area (Å²) in [7, 11) is 1.74. The van der Waals surface area contributed by atoms with Crippen LogP contribution in [0.2, 0.25) is 0 Å². The Morgan fingerprint density at radius 2 is 1.80 bits per heavy atom. The molecule has 1 nitrogen and oxygen atoms in total. The first-order valence-electron chi connectivity index (χ1n) is 6.03. The first kappa shape index (κ1) is 8.20. The van der Waals surface area contributed by atoms with Crippen molar-refractivity contribution in [2.24, 2.45) is 17.8 Å². The van der Waals surface area contributed by atoms with E-state index in [1.165, 1.54) is 19.3 Å². The number of ether oxygens (including phenoxy) is 1. The Hall–Kier alpha value is -0.980. The lowest BCUT2D eigenvalue weighted by atomic mass is 9.80. The van der Waals surface area contributed by atoms with Crippen molar-refractivity contribution in [3.8, 4) is 5.75 Å². The molecule has 1 aromatic rings. The van der Waals surface area contributed by atoms with Crippen LogP contribution >= 0.6 is 0 Å². The lowest BCUT2D eigenvalue weighted by molar-refractivity contribution is 0.314. The third-order valence-electron chi connectivity index (χ3n) is 5.05. The van der Waals surface area contributed by atoms with Crippen LogP contribution in [0.5, 0.6) is 5.75 Å². The number of rotatable bonds is 2. The van der Waals surface area contributed by atoms with Gasteiger partial charge in [-0.25, -0.2) is 0 Å². The monoisotopic (exact) mass is 200 g/mol. The van der Waals surface area contributed by atoms with Crippen molar-refractivity contribution in [3.63, 3.8) is 0 Å². The first-order valence-corrected chi connectivity index (χ1v) is 6.03. The summed E-state index contributed by atoms with van der Waals surface area (Å²) < 4.78 is 5.21. The average Bonchev–Trinajstić information content (AvgIpc) is 3.19. The SMILES string of the molecule is COc1ccc(C23C4[C@H]2CCC[C@@H]43)cc1. The van der Waals surface area contributed by atoms with Crippen LogP contribution < -0.4 is 4.74 Å². The Morgan fingerprint density at radius 3 is 2.33 bits per heavy atom. The maximum absolute atomic E-state index is 5.21. The van der Waals surface area contributed by atoms with Crippen molar-refractivity contribution >= 4 is 0 Å². The summed E-state index contributed by atoms with van der Waals surface area (Å²) in [5, 5.41) is 0. The van der Waals surface area contributed by atoms with Gasteiger partial charge in [-0.05, 0) is 48.3 Å². The highest BCUT2D eigenvalue weighted by atomic mass is 16.5. The molecule has 0 radical (unpaired) electrons. The summed E-state index contributed by atoms with van der Waals surface area (Å²) in [6.07, 6.45) is 4.43. The van der Waals surface area contributed by atoms with Gasteiger partial charge in [-0.1, -0.05) is 18.6 Å². The normalized spacial score (nSPS) is 44.5. The molecule has 0 spiro atoms. The average molecular weight is 200 g/mol. The van der Waals surface area contributed by atoms with E-state index in [0.717, 1.165) is 23.5 Å². The first-order chi connectivity index (χ1) is 7.39. The molecule has 3 saturated carbocycles. The minimum atomic E-state index is 0.657. The number of benzene rings is 1. The summed E-state index contributed by atoms with van der Waals surface area (Å²) in [6, 6.07) is 8.81. The highest BCUT2D eigenvalue weighted by Crippen LogP contribution is 2.88. The molecule has 0 aromatic heterocycles. The molecule has 0 N–H and O–H groups in total. The molecule has 15 heavy (non-hydrogen) atoms. The van der Waals surface area contributed by atoms with E-state index in [-0.39, 0.29) is 0 Å². The number of hydrogen-bond acceptors (Lipinski definition) is 1. The van der Waals surface area contributed by atoms with E-state index in [0.29, 0.717) is 5.41 Å². The van der Waals surface area contributed by atoms with Crippen molar-refractivity contribution in [1.82, 2.24) is 0 Å². The van der Waals surface area contributed by atoms with E-state index in [1.54, 1.807) is 12.7 Å². The molecule has 0 bridgehead atoms. The Labute approximate surface area is 90.4 Å². The summed E-state index contributed by atoms with van der Waals surface area (Å²) in [6.45, 7) is 0. The lowest BCUT2D eigenvalue weighted by Crippen LogP contribution is -2.18. The third-order valence-corrected chi connectivity index (χ3v) is 5.05. The second-order valence-corrected chi connectivity index (χ2v) is 5.33. The van der Waals surface area contributed by atoms with Gasteiger partial charge < -0.3 is 4.74 Å². The predicted molar refractivity (Wildman–Crippen MR) is 59.0 cm³/mol. The van der Waals surface area contributed by atoms with Gasteiger partial charge in [0, 0.05) is 5.41 Å². The smallest absolute Gasteiger partial charge is 0.118 e. The quantitative estimate of drug-likeness (QED) is 0.713. The Balaban J connectivity index is 1.68. The van der Waals surface area contributed by atoms with E-state index >= 15 is 0 Å². The molecule has 2 unspecified atom stereocenters.